The minimum atomic E-state index is 0.296. The predicted molar refractivity (Wildman–Crippen MR) is 121 cm³/mol. The Morgan fingerprint density at radius 2 is 2.21 bits per heavy atom. The van der Waals surface area contributed by atoms with Crippen LogP contribution < -0.4 is 5.32 Å². The van der Waals surface area contributed by atoms with Gasteiger partial charge in [0.15, 0.2) is 0 Å². The molecule has 2 saturated carbocycles. The smallest absolute Gasteiger partial charge is 0.130 e. The molecule has 1 N–H and O–H groups in total. The van der Waals surface area contributed by atoms with Crippen molar-refractivity contribution in [2.45, 2.75) is 71.3 Å². The molecule has 0 saturated heterocycles. The topological polar surface area (TPSA) is 57.1 Å². The van der Waals surface area contributed by atoms with E-state index in [4.69, 9.17) is 0 Å². The molecule has 1 aliphatic heterocycles. The second kappa shape index (κ2) is 10.7. The van der Waals surface area contributed by atoms with Crippen LogP contribution in [0.3, 0.4) is 0 Å². The Morgan fingerprint density at radius 1 is 1.41 bits per heavy atom. The second-order valence-corrected chi connectivity index (χ2v) is 9.24. The Hall–Kier alpha value is -1.91. The van der Waals surface area contributed by atoms with Crippen LogP contribution in [0.25, 0.3) is 0 Å². The van der Waals surface area contributed by atoms with E-state index in [1.807, 2.05) is 0 Å². The fourth-order valence-electron chi connectivity index (χ4n) is 4.73. The first-order valence-electron chi connectivity index (χ1n) is 11.5. The SMILES string of the molecule is C=N/N=C(/C1CC(CC(C)CC)C1)N(CC(CC=O)CC1=CC=CCN1)C1CC1. The Balaban J connectivity index is 1.65. The molecule has 0 bridgehead atoms. The van der Waals surface area contributed by atoms with E-state index in [1.54, 1.807) is 0 Å². The largest absolute Gasteiger partial charge is 0.385 e. The van der Waals surface area contributed by atoms with E-state index in [-0.39, 0.29) is 0 Å². The van der Waals surface area contributed by atoms with Crippen molar-refractivity contribution in [3.05, 3.63) is 23.9 Å². The monoisotopic (exact) mass is 398 g/mol. The van der Waals surface area contributed by atoms with Crippen molar-refractivity contribution in [1.29, 1.82) is 0 Å². The predicted octanol–water partition coefficient (Wildman–Crippen LogP) is 4.57. The van der Waals surface area contributed by atoms with E-state index in [1.165, 1.54) is 44.2 Å². The van der Waals surface area contributed by atoms with Crippen LogP contribution in [-0.2, 0) is 4.79 Å². The number of amidine groups is 1. The highest BCUT2D eigenvalue weighted by Crippen LogP contribution is 2.42. The van der Waals surface area contributed by atoms with Crippen LogP contribution >= 0.6 is 0 Å². The van der Waals surface area contributed by atoms with Gasteiger partial charge in [-0.2, -0.15) is 5.10 Å². The van der Waals surface area contributed by atoms with Gasteiger partial charge in [0.25, 0.3) is 0 Å². The lowest BCUT2D eigenvalue weighted by Gasteiger charge is -2.42. The summed E-state index contributed by atoms with van der Waals surface area (Å²) >= 11 is 0. The molecule has 1 heterocycles. The number of hydrogen-bond donors (Lipinski definition) is 1. The zero-order valence-corrected chi connectivity index (χ0v) is 18.2. The van der Waals surface area contributed by atoms with Gasteiger partial charge in [0.1, 0.15) is 12.1 Å². The first-order chi connectivity index (χ1) is 14.1. The molecule has 5 heteroatoms. The van der Waals surface area contributed by atoms with Crippen molar-refractivity contribution >= 4 is 18.8 Å². The van der Waals surface area contributed by atoms with E-state index in [0.29, 0.717) is 24.3 Å². The van der Waals surface area contributed by atoms with Crippen LogP contribution in [0.2, 0.25) is 0 Å². The fourth-order valence-corrected chi connectivity index (χ4v) is 4.73. The van der Waals surface area contributed by atoms with E-state index < -0.39 is 0 Å². The van der Waals surface area contributed by atoms with Gasteiger partial charge in [-0.15, -0.1) is 5.10 Å². The number of aldehydes is 1. The second-order valence-electron chi connectivity index (χ2n) is 9.24. The molecule has 3 rings (SSSR count). The molecule has 2 aliphatic carbocycles. The average molecular weight is 399 g/mol. The van der Waals surface area contributed by atoms with Gasteiger partial charge >= 0.3 is 0 Å². The Labute approximate surface area is 176 Å². The zero-order chi connectivity index (χ0) is 20.6. The maximum atomic E-state index is 11.4. The van der Waals surface area contributed by atoms with Crippen molar-refractivity contribution < 1.29 is 4.79 Å². The maximum Gasteiger partial charge on any atom is 0.130 e. The minimum Gasteiger partial charge on any atom is -0.385 e. The van der Waals surface area contributed by atoms with Crippen LogP contribution in [0.5, 0.6) is 0 Å². The van der Waals surface area contributed by atoms with Gasteiger partial charge in [0.05, 0.1) is 0 Å². The highest BCUT2D eigenvalue weighted by molar-refractivity contribution is 5.86. The van der Waals surface area contributed by atoms with Crippen LogP contribution in [0.1, 0.15) is 65.2 Å². The van der Waals surface area contributed by atoms with Gasteiger partial charge in [0.2, 0.25) is 0 Å². The van der Waals surface area contributed by atoms with E-state index >= 15 is 0 Å². The summed E-state index contributed by atoms with van der Waals surface area (Å²) in [6.45, 7) is 10.0. The Kier molecular flexibility index (Phi) is 8.08. The molecule has 29 heavy (non-hydrogen) atoms. The van der Waals surface area contributed by atoms with Crippen molar-refractivity contribution in [3.63, 3.8) is 0 Å². The summed E-state index contributed by atoms with van der Waals surface area (Å²) in [4.78, 5) is 13.8. The van der Waals surface area contributed by atoms with E-state index in [0.717, 1.165) is 43.5 Å². The van der Waals surface area contributed by atoms with Gasteiger partial charge < -0.3 is 15.0 Å². The first kappa shape index (κ1) is 21.8. The van der Waals surface area contributed by atoms with E-state index in [2.05, 4.69) is 59.2 Å². The van der Waals surface area contributed by atoms with Crippen LogP contribution in [0.15, 0.2) is 34.1 Å². The van der Waals surface area contributed by atoms with Crippen molar-refractivity contribution in [2.24, 2.45) is 33.9 Å². The molecule has 2 fully saturated rings. The lowest BCUT2D eigenvalue weighted by Crippen LogP contribution is -2.45. The molecule has 2 atom stereocenters. The number of rotatable bonds is 12. The summed E-state index contributed by atoms with van der Waals surface area (Å²) < 4.78 is 0. The van der Waals surface area contributed by atoms with Crippen molar-refractivity contribution in [2.75, 3.05) is 13.1 Å². The number of hydrogen-bond acceptors (Lipinski definition) is 4. The number of nitrogens with one attached hydrogen (secondary N) is 1. The zero-order valence-electron chi connectivity index (χ0n) is 18.2. The van der Waals surface area contributed by atoms with Gasteiger partial charge in [-0.25, -0.2) is 0 Å². The first-order valence-corrected chi connectivity index (χ1v) is 11.5. The highest BCUT2D eigenvalue weighted by atomic mass is 16.1. The highest BCUT2D eigenvalue weighted by Gasteiger charge is 2.41. The quantitative estimate of drug-likeness (QED) is 0.227. The van der Waals surface area contributed by atoms with E-state index in [9.17, 15) is 4.79 Å². The normalized spacial score (nSPS) is 26.0. The molecular weight excluding hydrogens is 360 g/mol. The standard InChI is InChI=1S/C24H38N4O/c1-4-18(2)13-20-14-21(15-20)24(27-25-3)28(23-8-9-23)17-19(10-12-29)16-22-7-5-6-11-26-22/h5-7,12,18-21,23,26H,3-4,8-11,13-17H2,1-2H3/b27-24-. The summed E-state index contributed by atoms with van der Waals surface area (Å²) in [5.41, 5.74) is 1.23. The third-order valence-corrected chi connectivity index (χ3v) is 6.76. The lowest BCUT2D eigenvalue weighted by atomic mass is 9.70. The molecule has 5 nitrogen and oxygen atoms in total. The molecule has 0 aromatic heterocycles. The van der Waals surface area contributed by atoms with Gasteiger partial charge in [0, 0.05) is 43.9 Å². The van der Waals surface area contributed by atoms with Crippen LogP contribution in [0.4, 0.5) is 0 Å². The molecule has 3 aliphatic rings. The lowest BCUT2D eigenvalue weighted by molar-refractivity contribution is -0.108. The summed E-state index contributed by atoms with van der Waals surface area (Å²) in [5.74, 6) is 3.55. The summed E-state index contributed by atoms with van der Waals surface area (Å²) in [7, 11) is 0. The van der Waals surface area contributed by atoms with Crippen molar-refractivity contribution in [1.82, 2.24) is 10.2 Å². The molecule has 0 aromatic carbocycles. The summed E-state index contributed by atoms with van der Waals surface area (Å²) in [5, 5.41) is 11.9. The fraction of sp³-hybridized carbons (Fsp3) is 0.708. The molecule has 0 radical (unpaired) electrons. The minimum absolute atomic E-state index is 0.296. The summed E-state index contributed by atoms with van der Waals surface area (Å²) in [6, 6.07) is 0.562. The van der Waals surface area contributed by atoms with Gasteiger partial charge in [-0.1, -0.05) is 32.4 Å². The third-order valence-electron chi connectivity index (χ3n) is 6.76. The molecule has 0 aromatic rings. The Bertz CT molecular complexity index is 643. The Morgan fingerprint density at radius 3 is 2.79 bits per heavy atom. The van der Waals surface area contributed by atoms with Gasteiger partial charge in [-0.05, 0) is 62.4 Å². The average Bonchev–Trinajstić information content (AvgIpc) is 3.53. The summed E-state index contributed by atoms with van der Waals surface area (Å²) in [6.07, 6.45) is 16.4. The molecule has 0 spiro atoms. The van der Waals surface area contributed by atoms with Crippen molar-refractivity contribution in [3.8, 4) is 0 Å². The molecule has 0 amide bonds. The van der Waals surface area contributed by atoms with Gasteiger partial charge in [-0.3, -0.25) is 0 Å². The van der Waals surface area contributed by atoms with Crippen LogP contribution in [-0.4, -0.2) is 42.9 Å². The number of nitrogens with zero attached hydrogens (tertiary/aromatic N) is 3. The number of carbonyl (C=O) groups excluding carboxylic acids is 1. The maximum absolute atomic E-state index is 11.4. The number of dihydropyridines is 1. The third kappa shape index (κ3) is 6.28. The molecular formula is C24H38N4O. The van der Waals surface area contributed by atoms with Crippen LogP contribution in [0, 0.1) is 23.7 Å². The number of carbonyl (C=O) groups is 1. The number of allylic oxidation sites excluding steroid dienone is 3. The molecule has 2 unspecified atom stereocenters. The molecule has 160 valence electrons.